The summed E-state index contributed by atoms with van der Waals surface area (Å²) in [6.07, 6.45) is 0. The molecule has 3 heteroatoms. The topological polar surface area (TPSA) is 32.9 Å². The van der Waals surface area contributed by atoms with Gasteiger partial charge in [-0.2, -0.15) is 0 Å². The lowest BCUT2D eigenvalue weighted by Gasteiger charge is -1.91. The Bertz CT molecular complexity index is 278. The third kappa shape index (κ3) is 1.63. The minimum atomic E-state index is -0.0199. The number of carbonyl (C=O) groups is 1. The van der Waals surface area contributed by atoms with Crippen molar-refractivity contribution in [1.29, 1.82) is 0 Å². The van der Waals surface area contributed by atoms with Gasteiger partial charge in [0.25, 0.3) is 0 Å². The summed E-state index contributed by atoms with van der Waals surface area (Å²) < 4.78 is 0. The van der Waals surface area contributed by atoms with E-state index in [9.17, 15) is 4.79 Å². The molecule has 1 aromatic rings. The van der Waals surface area contributed by atoms with E-state index in [1.165, 1.54) is 0 Å². The van der Waals surface area contributed by atoms with Gasteiger partial charge in [-0.25, -0.2) is 0 Å². The number of ketones is 1. The van der Waals surface area contributed by atoms with Crippen LogP contribution in [-0.4, -0.2) is 16.6 Å². The summed E-state index contributed by atoms with van der Waals surface area (Å²) in [4.78, 5) is 14.1. The number of carbonyl (C=O) groups excluding carboxylic acids is 1. The average Bonchev–Trinajstić information content (AvgIpc) is 2.28. The van der Waals surface area contributed by atoms with Crippen LogP contribution in [0.4, 0.5) is 0 Å². The monoisotopic (exact) mass is 171 g/mol. The molecule has 1 heterocycles. The normalized spacial score (nSPS) is 10.1. The van der Waals surface area contributed by atoms with Gasteiger partial charge in [-0.3, -0.25) is 4.79 Å². The molecule has 0 bridgehead atoms. The molecule has 0 aliphatic carbocycles. The molecule has 2 nitrogen and oxygen atoms in total. The lowest BCUT2D eigenvalue weighted by Crippen LogP contribution is -2.00. The number of aryl methyl sites for hydroxylation is 2. The molecule has 0 radical (unpaired) electrons. The van der Waals surface area contributed by atoms with Gasteiger partial charge in [-0.1, -0.05) is 0 Å². The fraction of sp³-hybridized carbons (Fsp3) is 0.375. The highest BCUT2D eigenvalue weighted by molar-refractivity contribution is 6.30. The first-order valence-corrected chi connectivity index (χ1v) is 3.94. The smallest absolute Gasteiger partial charge is 0.179 e. The van der Waals surface area contributed by atoms with E-state index in [1.807, 2.05) is 19.9 Å². The summed E-state index contributed by atoms with van der Waals surface area (Å²) in [5.41, 5.74) is 2.60. The Kier molecular flexibility index (Phi) is 2.35. The predicted octanol–water partition coefficient (Wildman–Crippen LogP) is 2.05. The number of Topliss-reactive ketones (excluding diaryl/α,β-unsaturated/α-hetero) is 1. The van der Waals surface area contributed by atoms with E-state index in [2.05, 4.69) is 4.98 Å². The number of halogens is 1. The van der Waals surface area contributed by atoms with Gasteiger partial charge in [-0.05, 0) is 19.9 Å². The first kappa shape index (κ1) is 8.34. The van der Waals surface area contributed by atoms with Crippen molar-refractivity contribution in [2.45, 2.75) is 13.8 Å². The number of hydrogen-bond donors (Lipinski definition) is 1. The van der Waals surface area contributed by atoms with Crippen molar-refractivity contribution in [3.8, 4) is 0 Å². The number of nitrogens with one attached hydrogen (secondary N) is 1. The lowest BCUT2D eigenvalue weighted by atomic mass is 10.2. The maximum absolute atomic E-state index is 11.1. The average molecular weight is 172 g/mol. The molecule has 0 amide bonds. The Hall–Kier alpha value is -0.760. The van der Waals surface area contributed by atoms with Gasteiger partial charge in [0, 0.05) is 17.0 Å². The largest absolute Gasteiger partial charge is 0.362 e. The molecule has 0 saturated heterocycles. The van der Waals surface area contributed by atoms with Crippen molar-refractivity contribution in [1.82, 2.24) is 4.98 Å². The maximum Gasteiger partial charge on any atom is 0.179 e. The van der Waals surface area contributed by atoms with Gasteiger partial charge in [0.05, 0.1) is 5.88 Å². The Balaban J connectivity index is 3.03. The summed E-state index contributed by atoms with van der Waals surface area (Å²) in [6.45, 7) is 3.78. The van der Waals surface area contributed by atoms with Crippen molar-refractivity contribution >= 4 is 17.4 Å². The second kappa shape index (κ2) is 3.09. The van der Waals surface area contributed by atoms with Crippen molar-refractivity contribution in [2.24, 2.45) is 0 Å². The quantitative estimate of drug-likeness (QED) is 0.536. The van der Waals surface area contributed by atoms with Gasteiger partial charge in [-0.15, -0.1) is 11.6 Å². The lowest BCUT2D eigenvalue weighted by molar-refractivity contribution is 0.102. The molecule has 11 heavy (non-hydrogen) atoms. The third-order valence-corrected chi connectivity index (χ3v) is 1.81. The zero-order valence-corrected chi connectivity index (χ0v) is 7.33. The number of alkyl halides is 1. The van der Waals surface area contributed by atoms with E-state index in [1.54, 1.807) is 0 Å². The van der Waals surface area contributed by atoms with E-state index in [0.29, 0.717) is 5.56 Å². The molecule has 0 atom stereocenters. The highest BCUT2D eigenvalue weighted by atomic mass is 35.5. The molecule has 0 aliphatic heterocycles. The minimum Gasteiger partial charge on any atom is -0.362 e. The second-order valence-electron chi connectivity index (χ2n) is 2.55. The number of aromatic amines is 1. The molecule has 0 saturated carbocycles. The number of rotatable bonds is 2. The Labute approximate surface area is 70.6 Å². The molecule has 0 aromatic carbocycles. The zero-order chi connectivity index (χ0) is 8.43. The van der Waals surface area contributed by atoms with Gasteiger partial charge < -0.3 is 4.98 Å². The molecule has 1 N–H and O–H groups in total. The van der Waals surface area contributed by atoms with E-state index < -0.39 is 0 Å². The number of H-pyrrole nitrogens is 1. The van der Waals surface area contributed by atoms with Gasteiger partial charge in [0.1, 0.15) is 0 Å². The minimum absolute atomic E-state index is 0.0199. The van der Waals surface area contributed by atoms with E-state index in [0.717, 1.165) is 11.4 Å². The first-order valence-electron chi connectivity index (χ1n) is 3.40. The summed E-state index contributed by atoms with van der Waals surface area (Å²) in [6, 6.07) is 1.82. The van der Waals surface area contributed by atoms with Gasteiger partial charge in [0.15, 0.2) is 5.78 Å². The molecule has 0 spiro atoms. The molecule has 1 rings (SSSR count). The Morgan fingerprint density at radius 1 is 1.64 bits per heavy atom. The van der Waals surface area contributed by atoms with Crippen LogP contribution in [0.3, 0.4) is 0 Å². The summed E-state index contributed by atoms with van der Waals surface area (Å²) in [5.74, 6) is 0.0338. The molecule has 1 aromatic heterocycles. The van der Waals surface area contributed by atoms with Crippen LogP contribution in [0, 0.1) is 13.8 Å². The number of aromatic nitrogens is 1. The third-order valence-electron chi connectivity index (χ3n) is 1.57. The van der Waals surface area contributed by atoms with Crippen LogP contribution >= 0.6 is 11.6 Å². The van der Waals surface area contributed by atoms with Crippen LogP contribution < -0.4 is 0 Å². The van der Waals surface area contributed by atoms with Gasteiger partial charge in [0.2, 0.25) is 0 Å². The van der Waals surface area contributed by atoms with Crippen LogP contribution in [0.2, 0.25) is 0 Å². The maximum atomic E-state index is 11.1. The molecule has 0 aliphatic rings. The fourth-order valence-corrected chi connectivity index (χ4v) is 1.23. The van der Waals surface area contributed by atoms with Crippen molar-refractivity contribution < 1.29 is 4.79 Å². The van der Waals surface area contributed by atoms with Crippen LogP contribution in [-0.2, 0) is 0 Å². The second-order valence-corrected chi connectivity index (χ2v) is 2.82. The van der Waals surface area contributed by atoms with Crippen molar-refractivity contribution in [2.75, 3.05) is 5.88 Å². The van der Waals surface area contributed by atoms with E-state index >= 15 is 0 Å². The van der Waals surface area contributed by atoms with Crippen LogP contribution in [0.15, 0.2) is 6.07 Å². The summed E-state index contributed by atoms with van der Waals surface area (Å²) in [7, 11) is 0. The molecule has 0 fully saturated rings. The van der Waals surface area contributed by atoms with Crippen LogP contribution in [0.25, 0.3) is 0 Å². The first-order chi connectivity index (χ1) is 5.15. The summed E-state index contributed by atoms with van der Waals surface area (Å²) in [5, 5.41) is 0. The predicted molar refractivity (Wildman–Crippen MR) is 45.3 cm³/mol. The van der Waals surface area contributed by atoms with Crippen LogP contribution in [0.5, 0.6) is 0 Å². The molecular formula is C8H10ClNO. The highest BCUT2D eigenvalue weighted by Crippen LogP contribution is 2.10. The van der Waals surface area contributed by atoms with Crippen molar-refractivity contribution in [3.63, 3.8) is 0 Å². The Morgan fingerprint density at radius 2 is 2.27 bits per heavy atom. The Morgan fingerprint density at radius 3 is 2.64 bits per heavy atom. The van der Waals surface area contributed by atoms with Gasteiger partial charge >= 0.3 is 0 Å². The summed E-state index contributed by atoms with van der Waals surface area (Å²) >= 11 is 5.40. The molecule has 0 unspecified atom stereocenters. The fourth-order valence-electron chi connectivity index (χ4n) is 1.09. The zero-order valence-electron chi connectivity index (χ0n) is 6.57. The molecular weight excluding hydrogens is 162 g/mol. The molecule has 60 valence electrons. The highest BCUT2D eigenvalue weighted by Gasteiger charge is 2.08. The number of hydrogen-bond acceptors (Lipinski definition) is 1. The van der Waals surface area contributed by atoms with Crippen LogP contribution in [0.1, 0.15) is 21.7 Å². The van der Waals surface area contributed by atoms with E-state index in [4.69, 9.17) is 11.6 Å². The van der Waals surface area contributed by atoms with Crippen molar-refractivity contribution in [3.05, 3.63) is 23.0 Å². The SMILES string of the molecule is Cc1cc(C(=O)CCl)c(C)[nH]1. The van der Waals surface area contributed by atoms with E-state index in [-0.39, 0.29) is 11.7 Å². The standard InChI is InChI=1S/C8H10ClNO/c1-5-3-7(6(2)10-5)8(11)4-9/h3,10H,4H2,1-2H3.